The number of quaternary nitrogens is 1. The predicted octanol–water partition coefficient (Wildman–Crippen LogP) is 24.2. The quantitative estimate of drug-likeness (QED) is 0.0211. The van der Waals surface area contributed by atoms with E-state index in [0.717, 1.165) is 116 Å². The summed E-state index contributed by atoms with van der Waals surface area (Å²) >= 11 is 0. The molecule has 9 nitrogen and oxygen atoms in total. The van der Waals surface area contributed by atoms with Gasteiger partial charge in [-0.25, -0.2) is 4.57 Å². The summed E-state index contributed by atoms with van der Waals surface area (Å²) in [7, 11) is 1.45. The molecule has 0 aromatic carbocycles. The molecule has 2 unspecified atom stereocenters. The van der Waals surface area contributed by atoms with Crippen LogP contribution in [-0.2, 0) is 32.7 Å². The van der Waals surface area contributed by atoms with Gasteiger partial charge in [-0.1, -0.05) is 307 Å². The van der Waals surface area contributed by atoms with E-state index in [4.69, 9.17) is 18.5 Å². The Morgan fingerprint density at radius 1 is 0.356 bits per heavy atom. The second-order valence-corrected chi connectivity index (χ2v) is 26.7. The molecule has 10 heteroatoms. The smallest absolute Gasteiger partial charge is 0.462 e. The van der Waals surface area contributed by atoms with Crippen LogP contribution in [0.5, 0.6) is 0 Å². The van der Waals surface area contributed by atoms with Crippen LogP contribution >= 0.6 is 7.82 Å². The molecule has 0 aliphatic heterocycles. The van der Waals surface area contributed by atoms with Crippen molar-refractivity contribution in [3.05, 3.63) is 146 Å². The van der Waals surface area contributed by atoms with Crippen LogP contribution in [0.3, 0.4) is 0 Å². The molecular weight excluding hydrogens is 1130 g/mol. The van der Waals surface area contributed by atoms with Gasteiger partial charge in [0.15, 0.2) is 6.10 Å². The first kappa shape index (κ1) is 85.9. The summed E-state index contributed by atoms with van der Waals surface area (Å²) in [5.41, 5.74) is 0. The molecule has 0 aromatic rings. The molecule has 0 amide bonds. The van der Waals surface area contributed by atoms with E-state index in [1.165, 1.54) is 148 Å². The standard InChI is InChI=1S/C80H136NO8P/c1-6-8-10-12-14-16-18-20-22-24-26-28-30-32-34-36-38-39-40-41-43-45-47-49-51-53-55-57-59-61-63-65-67-69-71-73-80(83)89-78(77-88-90(84,85)87-75-74-81(3,4)5)76-86-79(82)72-70-68-66-64-62-60-58-56-54-52-50-48-46-44-42-37-35-33-31-29-27-25-23-21-19-17-15-13-11-9-7-2/h8,10,14,16,19-22,25-28,32,34,38-39,41,43,47,49,53,55,59,61,78H,6-7,9,11-13,15,17-18,23-24,29-31,33,35-37,40,42,44-46,48,50-52,54,56-58,60,62-77H2,1-5H3/p+1/b10-8-,16-14-,21-19-,22-20-,27-25-,28-26-,34-32-,39-38-,43-41-,49-47-,55-53-,61-59-. The minimum atomic E-state index is -4.41. The fraction of sp³-hybridized carbons (Fsp3) is 0.675. The zero-order valence-electron chi connectivity index (χ0n) is 58.6. The lowest BCUT2D eigenvalue weighted by Crippen LogP contribution is -2.37. The number of allylic oxidation sites excluding steroid dienone is 24. The highest BCUT2D eigenvalue weighted by Gasteiger charge is 2.27. The van der Waals surface area contributed by atoms with E-state index in [1.54, 1.807) is 0 Å². The molecule has 2 atom stereocenters. The van der Waals surface area contributed by atoms with Crippen molar-refractivity contribution in [3.8, 4) is 0 Å². The Bertz CT molecular complexity index is 2030. The lowest BCUT2D eigenvalue weighted by Gasteiger charge is -2.24. The summed E-state index contributed by atoms with van der Waals surface area (Å²) in [6.45, 7) is 4.29. The van der Waals surface area contributed by atoms with Crippen molar-refractivity contribution in [2.75, 3.05) is 47.5 Å². The highest BCUT2D eigenvalue weighted by Crippen LogP contribution is 2.43. The van der Waals surface area contributed by atoms with Gasteiger partial charge in [0.05, 0.1) is 27.7 Å². The average Bonchev–Trinajstić information content (AvgIpc) is 3.61. The van der Waals surface area contributed by atoms with Crippen LogP contribution in [-0.4, -0.2) is 74.9 Å². The van der Waals surface area contributed by atoms with E-state index in [2.05, 4.69) is 160 Å². The molecule has 0 fully saturated rings. The third kappa shape index (κ3) is 72.9. The number of hydrogen-bond acceptors (Lipinski definition) is 7. The fourth-order valence-electron chi connectivity index (χ4n) is 9.78. The highest BCUT2D eigenvalue weighted by atomic mass is 31.2. The number of hydrogen-bond donors (Lipinski definition) is 1. The van der Waals surface area contributed by atoms with Gasteiger partial charge in [0, 0.05) is 12.8 Å². The third-order valence-electron chi connectivity index (χ3n) is 15.4. The maximum absolute atomic E-state index is 12.9. The monoisotopic (exact) mass is 1270 g/mol. The van der Waals surface area contributed by atoms with Crippen LogP contribution in [0, 0.1) is 0 Å². The highest BCUT2D eigenvalue weighted by molar-refractivity contribution is 7.47. The first-order valence-corrected chi connectivity index (χ1v) is 38.1. The Morgan fingerprint density at radius 2 is 0.633 bits per heavy atom. The molecule has 0 saturated heterocycles. The maximum atomic E-state index is 12.9. The van der Waals surface area contributed by atoms with E-state index in [1.807, 2.05) is 21.1 Å². The molecule has 1 N–H and O–H groups in total. The van der Waals surface area contributed by atoms with Crippen LogP contribution in [0.4, 0.5) is 0 Å². The molecule has 0 heterocycles. The number of rotatable bonds is 66. The second kappa shape index (κ2) is 69.2. The SMILES string of the molecule is CC/C=C\C/C=C\C/C=C\C/C=C\C/C=C\C/C=C\C/C=C\C/C=C\C/C=C\C/C=C\CCCCCCC(=O)OC(COC(=O)CCCCCCCCCCCCCCCCCCCCC/C=C\C/C=C\CCCCCCC)COP(=O)(O)OCC[N+](C)(C)C. The number of carbonyl (C=O) groups excluding carboxylic acids is 2. The van der Waals surface area contributed by atoms with Crippen LogP contribution < -0.4 is 0 Å². The number of phosphoric ester groups is 1. The molecule has 514 valence electrons. The number of esters is 2. The Morgan fingerprint density at radius 3 is 0.944 bits per heavy atom. The van der Waals surface area contributed by atoms with Crippen molar-refractivity contribution in [2.45, 2.75) is 302 Å². The van der Waals surface area contributed by atoms with Crippen LogP contribution in [0.25, 0.3) is 0 Å². The van der Waals surface area contributed by atoms with Crippen molar-refractivity contribution in [1.82, 2.24) is 0 Å². The first-order valence-electron chi connectivity index (χ1n) is 36.6. The summed E-state index contributed by atoms with van der Waals surface area (Å²) in [4.78, 5) is 35.9. The van der Waals surface area contributed by atoms with Crippen molar-refractivity contribution in [3.63, 3.8) is 0 Å². The van der Waals surface area contributed by atoms with E-state index >= 15 is 0 Å². The number of unbranched alkanes of at least 4 members (excludes halogenated alkanes) is 28. The maximum Gasteiger partial charge on any atom is 0.472 e. The van der Waals surface area contributed by atoms with Crippen molar-refractivity contribution in [2.24, 2.45) is 0 Å². The van der Waals surface area contributed by atoms with Gasteiger partial charge in [-0.05, 0) is 122 Å². The summed E-state index contributed by atoms with van der Waals surface area (Å²) < 4.78 is 34.7. The van der Waals surface area contributed by atoms with Gasteiger partial charge in [0.25, 0.3) is 0 Å². The second-order valence-electron chi connectivity index (χ2n) is 25.2. The topological polar surface area (TPSA) is 108 Å². The van der Waals surface area contributed by atoms with E-state index in [9.17, 15) is 19.0 Å². The van der Waals surface area contributed by atoms with Crippen LogP contribution in [0.2, 0.25) is 0 Å². The Kier molecular flexibility index (Phi) is 66.1. The van der Waals surface area contributed by atoms with Crippen LogP contribution in [0.15, 0.2) is 146 Å². The molecule has 90 heavy (non-hydrogen) atoms. The number of carbonyl (C=O) groups is 2. The molecule has 0 radical (unpaired) electrons. The summed E-state index contributed by atoms with van der Waals surface area (Å²) in [6.07, 6.45) is 102. The van der Waals surface area contributed by atoms with Crippen molar-refractivity contribution in [1.29, 1.82) is 0 Å². The third-order valence-corrected chi connectivity index (χ3v) is 16.3. The lowest BCUT2D eigenvalue weighted by molar-refractivity contribution is -0.870. The Labute approximate surface area is 554 Å². The van der Waals surface area contributed by atoms with Crippen LogP contribution in [0.1, 0.15) is 296 Å². The molecular formula is C80H137NO8P+. The zero-order chi connectivity index (χ0) is 65.5. The molecule has 0 aliphatic rings. The molecule has 0 aromatic heterocycles. The number of phosphoric acid groups is 1. The molecule has 0 aliphatic carbocycles. The molecule has 0 saturated carbocycles. The van der Waals surface area contributed by atoms with E-state index < -0.39 is 26.5 Å². The van der Waals surface area contributed by atoms with Gasteiger partial charge in [0.1, 0.15) is 19.8 Å². The van der Waals surface area contributed by atoms with Crippen molar-refractivity contribution >= 4 is 19.8 Å². The van der Waals surface area contributed by atoms with E-state index in [-0.39, 0.29) is 32.0 Å². The summed E-state index contributed by atoms with van der Waals surface area (Å²) in [5, 5.41) is 0. The van der Waals surface area contributed by atoms with Gasteiger partial charge in [0.2, 0.25) is 0 Å². The number of likely N-dealkylation sites (N-methyl/N-ethyl adjacent to an activating group) is 1. The van der Waals surface area contributed by atoms with Crippen molar-refractivity contribution < 1.29 is 42.1 Å². The van der Waals surface area contributed by atoms with Gasteiger partial charge in [-0.2, -0.15) is 0 Å². The minimum Gasteiger partial charge on any atom is -0.462 e. The number of nitrogens with zero attached hydrogens (tertiary/aromatic N) is 1. The fourth-order valence-corrected chi connectivity index (χ4v) is 10.5. The predicted molar refractivity (Wildman–Crippen MR) is 390 cm³/mol. The lowest BCUT2D eigenvalue weighted by atomic mass is 10.0. The zero-order valence-corrected chi connectivity index (χ0v) is 59.5. The largest absolute Gasteiger partial charge is 0.472 e. The van der Waals surface area contributed by atoms with E-state index in [0.29, 0.717) is 17.4 Å². The van der Waals surface area contributed by atoms with Gasteiger partial charge < -0.3 is 18.9 Å². The van der Waals surface area contributed by atoms with Gasteiger partial charge >= 0.3 is 19.8 Å². The minimum absolute atomic E-state index is 0.0199. The molecule has 0 rings (SSSR count). The summed E-state index contributed by atoms with van der Waals surface area (Å²) in [6, 6.07) is 0. The molecule has 0 spiro atoms. The summed E-state index contributed by atoms with van der Waals surface area (Å²) in [5.74, 6) is -0.827. The number of ether oxygens (including phenoxy) is 2. The first-order chi connectivity index (χ1) is 44.0. The van der Waals surface area contributed by atoms with Gasteiger partial charge in [-0.15, -0.1) is 0 Å². The Hall–Kier alpha value is -4.11. The normalized spacial score (nSPS) is 14.0. The molecule has 0 bridgehead atoms. The van der Waals surface area contributed by atoms with Gasteiger partial charge in [-0.3, -0.25) is 18.6 Å². The average molecular weight is 1270 g/mol. The Balaban J connectivity index is 4.13.